The first-order valence-electron chi connectivity index (χ1n) is 9.09. The number of hydrogen-bond donors (Lipinski definition) is 1. The standard InChI is InChI=1S/C22H21NO2S2/c1-14(18(24)12-11-15-7-3-2-4-8-15)21(25)23-20-17-10-6-5-9-16(17)13-19(20)27-22(23)26/h2-12,14,18-20,24H,13H2,1H3/b12-11+/t14-,18-,19+,20?/m0/s1. The summed E-state index contributed by atoms with van der Waals surface area (Å²) in [4.78, 5) is 14.9. The molecule has 2 aliphatic rings. The van der Waals surface area contributed by atoms with Crippen LogP contribution in [0.25, 0.3) is 6.08 Å². The maximum Gasteiger partial charge on any atom is 0.234 e. The molecule has 0 spiro atoms. The fourth-order valence-corrected chi connectivity index (χ4v) is 5.59. The minimum Gasteiger partial charge on any atom is -0.388 e. The number of nitrogens with zero attached hydrogens (tertiary/aromatic N) is 1. The third kappa shape index (κ3) is 3.47. The maximum absolute atomic E-state index is 13.2. The highest BCUT2D eigenvalue weighted by atomic mass is 32.2. The quantitative estimate of drug-likeness (QED) is 0.787. The van der Waals surface area contributed by atoms with Crippen molar-refractivity contribution in [2.24, 2.45) is 5.92 Å². The van der Waals surface area contributed by atoms with Crippen molar-refractivity contribution in [3.8, 4) is 0 Å². The molecule has 0 radical (unpaired) electrons. The molecule has 3 nitrogen and oxygen atoms in total. The first-order chi connectivity index (χ1) is 13.1. The molecule has 1 N–H and O–H groups in total. The summed E-state index contributed by atoms with van der Waals surface area (Å²) < 4.78 is 0.621. The molecule has 1 amide bonds. The largest absolute Gasteiger partial charge is 0.388 e. The van der Waals surface area contributed by atoms with Gasteiger partial charge in [-0.05, 0) is 23.1 Å². The van der Waals surface area contributed by atoms with Gasteiger partial charge in [0.2, 0.25) is 5.91 Å². The van der Waals surface area contributed by atoms with Crippen LogP contribution in [0.15, 0.2) is 60.7 Å². The third-order valence-corrected chi connectivity index (χ3v) is 6.91. The molecule has 4 atom stereocenters. The Hall–Kier alpha value is -1.95. The van der Waals surface area contributed by atoms with Crippen LogP contribution in [0.3, 0.4) is 0 Å². The number of carbonyl (C=O) groups excluding carboxylic acids is 1. The second-order valence-corrected chi connectivity index (χ2v) is 8.90. The van der Waals surface area contributed by atoms with Crippen LogP contribution in [-0.4, -0.2) is 31.6 Å². The fraction of sp³-hybridized carbons (Fsp3) is 0.273. The summed E-state index contributed by atoms with van der Waals surface area (Å²) >= 11 is 7.12. The Balaban J connectivity index is 1.53. The van der Waals surface area contributed by atoms with E-state index in [1.807, 2.05) is 48.5 Å². The van der Waals surface area contributed by atoms with Gasteiger partial charge in [0.15, 0.2) is 0 Å². The van der Waals surface area contributed by atoms with Gasteiger partial charge in [-0.3, -0.25) is 9.69 Å². The number of fused-ring (bicyclic) bond motifs is 3. The van der Waals surface area contributed by atoms with E-state index in [9.17, 15) is 9.90 Å². The van der Waals surface area contributed by atoms with Crippen molar-refractivity contribution in [2.45, 2.75) is 30.7 Å². The Morgan fingerprint density at radius 3 is 2.70 bits per heavy atom. The smallest absolute Gasteiger partial charge is 0.234 e. The van der Waals surface area contributed by atoms with E-state index in [0.717, 1.165) is 12.0 Å². The highest BCUT2D eigenvalue weighted by Crippen LogP contribution is 2.49. The SMILES string of the molecule is C[C@H](C(=O)N1C(=S)S[C@@H]2Cc3ccccc3C21)[C@@H](O)/C=C/c1ccccc1. The Bertz CT molecular complexity index is 896. The maximum atomic E-state index is 13.2. The van der Waals surface area contributed by atoms with Gasteiger partial charge in [0.25, 0.3) is 0 Å². The van der Waals surface area contributed by atoms with Gasteiger partial charge in [-0.2, -0.15) is 0 Å². The van der Waals surface area contributed by atoms with Crippen LogP contribution in [0.1, 0.15) is 29.7 Å². The van der Waals surface area contributed by atoms with Crippen molar-refractivity contribution in [1.29, 1.82) is 0 Å². The second kappa shape index (κ2) is 7.58. The van der Waals surface area contributed by atoms with Gasteiger partial charge in [0.05, 0.1) is 18.1 Å². The van der Waals surface area contributed by atoms with Crippen LogP contribution in [0.4, 0.5) is 0 Å². The minimum absolute atomic E-state index is 0.0149. The molecule has 138 valence electrons. The first-order valence-corrected chi connectivity index (χ1v) is 10.4. The molecule has 1 saturated heterocycles. The molecule has 4 rings (SSSR count). The summed E-state index contributed by atoms with van der Waals surface area (Å²) in [6.07, 6.45) is 3.60. The third-order valence-electron chi connectivity index (χ3n) is 5.30. The molecule has 2 aromatic rings. The van der Waals surface area contributed by atoms with E-state index in [0.29, 0.717) is 4.32 Å². The fourth-order valence-electron chi connectivity index (χ4n) is 3.78. The van der Waals surface area contributed by atoms with Gasteiger partial charge < -0.3 is 5.11 Å². The predicted molar refractivity (Wildman–Crippen MR) is 114 cm³/mol. The number of rotatable bonds is 4. The monoisotopic (exact) mass is 395 g/mol. The average Bonchev–Trinajstić information content (AvgIpc) is 3.20. The van der Waals surface area contributed by atoms with Crippen LogP contribution in [-0.2, 0) is 11.2 Å². The van der Waals surface area contributed by atoms with Crippen LogP contribution >= 0.6 is 24.0 Å². The van der Waals surface area contributed by atoms with E-state index in [-0.39, 0.29) is 17.2 Å². The zero-order chi connectivity index (χ0) is 19.0. The number of aliphatic hydroxyl groups is 1. The van der Waals surface area contributed by atoms with Crippen LogP contribution in [0, 0.1) is 5.92 Å². The van der Waals surface area contributed by atoms with E-state index >= 15 is 0 Å². The summed E-state index contributed by atoms with van der Waals surface area (Å²) in [5.74, 6) is -0.670. The highest BCUT2D eigenvalue weighted by molar-refractivity contribution is 8.23. The van der Waals surface area contributed by atoms with Crippen LogP contribution < -0.4 is 0 Å². The number of carbonyl (C=O) groups is 1. The number of thiocarbonyl (C=S) groups is 1. The summed E-state index contributed by atoms with van der Waals surface area (Å²) in [6.45, 7) is 1.77. The number of thioether (sulfide) groups is 1. The molecule has 2 aromatic carbocycles. The second-order valence-electron chi connectivity index (χ2n) is 7.03. The Morgan fingerprint density at radius 2 is 1.93 bits per heavy atom. The lowest BCUT2D eigenvalue weighted by molar-refractivity contribution is -0.134. The highest BCUT2D eigenvalue weighted by Gasteiger charge is 2.48. The summed E-state index contributed by atoms with van der Waals surface area (Å²) in [7, 11) is 0. The van der Waals surface area contributed by atoms with Gasteiger partial charge in [0.1, 0.15) is 4.32 Å². The zero-order valence-corrected chi connectivity index (χ0v) is 16.6. The van der Waals surface area contributed by atoms with Crippen molar-refractivity contribution >= 4 is 40.3 Å². The van der Waals surface area contributed by atoms with Crippen molar-refractivity contribution in [3.05, 3.63) is 77.4 Å². The minimum atomic E-state index is -0.860. The average molecular weight is 396 g/mol. The van der Waals surface area contributed by atoms with Gasteiger partial charge in [-0.15, -0.1) is 0 Å². The molecule has 1 aliphatic heterocycles. The Kier molecular flexibility index (Phi) is 5.17. The van der Waals surface area contributed by atoms with E-state index < -0.39 is 12.0 Å². The molecule has 0 aromatic heterocycles. The molecule has 1 aliphatic carbocycles. The normalized spacial score (nSPS) is 23.3. The Labute approximate surface area is 169 Å². The van der Waals surface area contributed by atoms with E-state index in [1.165, 1.54) is 11.1 Å². The lowest BCUT2D eigenvalue weighted by Gasteiger charge is -2.28. The van der Waals surface area contributed by atoms with E-state index in [2.05, 4.69) is 12.1 Å². The molecule has 5 heteroatoms. The molecule has 0 saturated carbocycles. The van der Waals surface area contributed by atoms with Crippen molar-refractivity contribution in [1.82, 2.24) is 4.90 Å². The number of hydrogen-bond acceptors (Lipinski definition) is 4. The van der Waals surface area contributed by atoms with Gasteiger partial charge in [-0.1, -0.05) is 97.7 Å². The van der Waals surface area contributed by atoms with Crippen LogP contribution in [0.2, 0.25) is 0 Å². The lowest BCUT2D eigenvalue weighted by atomic mass is 9.99. The summed E-state index contributed by atoms with van der Waals surface area (Å²) in [5, 5.41) is 10.8. The molecule has 1 fully saturated rings. The van der Waals surface area contributed by atoms with Crippen molar-refractivity contribution in [2.75, 3.05) is 0 Å². The van der Waals surface area contributed by atoms with Gasteiger partial charge >= 0.3 is 0 Å². The molecule has 1 heterocycles. The van der Waals surface area contributed by atoms with Gasteiger partial charge in [-0.25, -0.2) is 0 Å². The topological polar surface area (TPSA) is 40.5 Å². The van der Waals surface area contributed by atoms with E-state index in [4.69, 9.17) is 12.2 Å². The molecule has 0 bridgehead atoms. The van der Waals surface area contributed by atoms with Crippen molar-refractivity contribution < 1.29 is 9.90 Å². The zero-order valence-electron chi connectivity index (χ0n) is 15.0. The molecular formula is C22H21NO2S2. The molecular weight excluding hydrogens is 374 g/mol. The van der Waals surface area contributed by atoms with Crippen LogP contribution in [0.5, 0.6) is 0 Å². The molecule has 27 heavy (non-hydrogen) atoms. The summed E-state index contributed by atoms with van der Waals surface area (Å²) in [6, 6.07) is 18.0. The number of amides is 1. The number of benzene rings is 2. The summed E-state index contributed by atoms with van der Waals surface area (Å²) in [5.41, 5.74) is 3.47. The number of aliphatic hydroxyl groups excluding tert-OH is 1. The van der Waals surface area contributed by atoms with Gasteiger partial charge in [0, 0.05) is 5.25 Å². The van der Waals surface area contributed by atoms with E-state index in [1.54, 1.807) is 29.7 Å². The van der Waals surface area contributed by atoms with Crippen molar-refractivity contribution in [3.63, 3.8) is 0 Å². The Morgan fingerprint density at radius 1 is 1.22 bits per heavy atom. The first kappa shape index (κ1) is 18.4. The lowest BCUT2D eigenvalue weighted by Crippen LogP contribution is -2.41. The molecule has 1 unspecified atom stereocenters. The predicted octanol–water partition coefficient (Wildman–Crippen LogP) is 4.22.